The van der Waals surface area contributed by atoms with E-state index in [0.717, 1.165) is 59.2 Å². The molecule has 2 aromatic carbocycles. The Morgan fingerprint density at radius 2 is 1.71 bits per heavy atom. The number of hydrogen-bond acceptors (Lipinski definition) is 4. The highest BCUT2D eigenvalue weighted by Crippen LogP contribution is 2.22. The van der Waals surface area contributed by atoms with E-state index in [-0.39, 0.29) is 11.9 Å². The van der Waals surface area contributed by atoms with Crippen molar-refractivity contribution in [3.8, 4) is 5.75 Å². The van der Waals surface area contributed by atoms with Crippen LogP contribution in [0.4, 0.5) is 16.2 Å². The number of anilines is 2. The number of nitrogens with one attached hydrogen (secondary N) is 2. The highest BCUT2D eigenvalue weighted by Gasteiger charge is 2.21. The Bertz CT molecular complexity index is 1090. The van der Waals surface area contributed by atoms with E-state index in [1.54, 1.807) is 7.11 Å². The van der Waals surface area contributed by atoms with Gasteiger partial charge in [-0.3, -0.25) is 4.79 Å². The fourth-order valence-electron chi connectivity index (χ4n) is 4.18. The topological polar surface area (TPSA) is 73.9 Å². The van der Waals surface area contributed by atoms with Gasteiger partial charge in [-0.1, -0.05) is 35.9 Å². The second-order valence-electron chi connectivity index (χ2n) is 8.62. The van der Waals surface area contributed by atoms with Gasteiger partial charge in [-0.15, -0.1) is 0 Å². The van der Waals surface area contributed by atoms with Crippen LogP contribution in [0.25, 0.3) is 0 Å². The molecule has 184 valence electrons. The number of hydrogen-bond donors (Lipinski definition) is 2. The molecule has 0 radical (unpaired) electrons. The lowest BCUT2D eigenvalue weighted by Crippen LogP contribution is -2.52. The van der Waals surface area contributed by atoms with Crippen LogP contribution in [0, 0.1) is 0 Å². The minimum absolute atomic E-state index is 0.0597. The van der Waals surface area contributed by atoms with Gasteiger partial charge in [0.05, 0.1) is 13.5 Å². The van der Waals surface area contributed by atoms with Crippen LogP contribution in [0.3, 0.4) is 0 Å². The lowest BCUT2D eigenvalue weighted by molar-refractivity contribution is -0.115. The average Bonchev–Trinajstić information content (AvgIpc) is 2.89. The van der Waals surface area contributed by atoms with Gasteiger partial charge in [0.2, 0.25) is 5.91 Å². The molecule has 0 saturated carbocycles. The van der Waals surface area contributed by atoms with Gasteiger partial charge in [0.1, 0.15) is 5.75 Å². The Labute approximate surface area is 211 Å². The zero-order chi connectivity index (χ0) is 24.6. The third kappa shape index (κ3) is 6.79. The Morgan fingerprint density at radius 3 is 2.37 bits per heavy atom. The van der Waals surface area contributed by atoms with E-state index >= 15 is 0 Å². The maximum absolute atomic E-state index is 12.6. The number of methoxy groups -OCH3 is 1. The summed E-state index contributed by atoms with van der Waals surface area (Å²) >= 11 is 6.25. The van der Waals surface area contributed by atoms with Gasteiger partial charge >= 0.3 is 6.03 Å². The first-order chi connectivity index (χ1) is 17.0. The highest BCUT2D eigenvalue weighted by atomic mass is 35.5. The molecule has 1 saturated heterocycles. The summed E-state index contributed by atoms with van der Waals surface area (Å²) < 4.78 is 5.15. The quantitative estimate of drug-likeness (QED) is 0.592. The molecule has 3 amide bonds. The Hall–Kier alpha value is -3.45. The van der Waals surface area contributed by atoms with E-state index in [1.165, 1.54) is 0 Å². The van der Waals surface area contributed by atoms with Crippen LogP contribution in [0.5, 0.6) is 5.75 Å². The smallest absolute Gasteiger partial charge is 0.317 e. The van der Waals surface area contributed by atoms with Gasteiger partial charge in [0.15, 0.2) is 0 Å². The number of amides is 3. The van der Waals surface area contributed by atoms with E-state index in [9.17, 15) is 9.59 Å². The van der Waals surface area contributed by atoms with Crippen LogP contribution in [-0.2, 0) is 11.2 Å². The molecule has 4 rings (SSSR count). The van der Waals surface area contributed by atoms with Crippen LogP contribution in [0.2, 0.25) is 0 Å². The summed E-state index contributed by atoms with van der Waals surface area (Å²) in [5.74, 6) is 0.703. The largest absolute Gasteiger partial charge is 0.497 e. The zero-order valence-corrected chi connectivity index (χ0v) is 20.7. The minimum Gasteiger partial charge on any atom is -0.497 e. The molecule has 2 N–H and O–H groups in total. The normalized spacial score (nSPS) is 15.7. The number of urea groups is 1. The van der Waals surface area contributed by atoms with Crippen molar-refractivity contribution in [2.24, 2.45) is 0 Å². The molecule has 1 aliphatic heterocycles. The molecule has 1 fully saturated rings. The molecule has 2 aromatic rings. The summed E-state index contributed by atoms with van der Waals surface area (Å²) in [5.41, 5.74) is 3.75. The molecule has 1 aliphatic carbocycles. The van der Waals surface area contributed by atoms with Gasteiger partial charge in [-0.05, 0) is 60.4 Å². The minimum atomic E-state index is -0.0664. The molecular formula is C27H31ClN4O3. The maximum Gasteiger partial charge on any atom is 0.317 e. The summed E-state index contributed by atoms with van der Waals surface area (Å²) in [6.45, 7) is 3.25. The van der Waals surface area contributed by atoms with Crippen LogP contribution in [0.1, 0.15) is 18.4 Å². The molecule has 8 heteroatoms. The molecular weight excluding hydrogens is 464 g/mol. The summed E-state index contributed by atoms with van der Waals surface area (Å²) in [7, 11) is 1.62. The van der Waals surface area contributed by atoms with Gasteiger partial charge in [-0.25, -0.2) is 4.79 Å². The van der Waals surface area contributed by atoms with Crippen molar-refractivity contribution in [1.82, 2.24) is 10.2 Å². The van der Waals surface area contributed by atoms with Crippen LogP contribution >= 0.6 is 11.6 Å². The molecule has 35 heavy (non-hydrogen) atoms. The van der Waals surface area contributed by atoms with Gasteiger partial charge in [-0.2, -0.15) is 0 Å². The highest BCUT2D eigenvalue weighted by molar-refractivity contribution is 6.30. The molecule has 1 heterocycles. The van der Waals surface area contributed by atoms with Crippen molar-refractivity contribution >= 4 is 34.9 Å². The summed E-state index contributed by atoms with van der Waals surface area (Å²) in [4.78, 5) is 29.0. The van der Waals surface area contributed by atoms with Crippen molar-refractivity contribution in [2.45, 2.75) is 19.3 Å². The molecule has 7 nitrogen and oxygen atoms in total. The van der Waals surface area contributed by atoms with E-state index in [0.29, 0.717) is 26.1 Å². The Kier molecular flexibility index (Phi) is 8.32. The predicted octanol–water partition coefficient (Wildman–Crippen LogP) is 4.55. The van der Waals surface area contributed by atoms with E-state index in [1.807, 2.05) is 59.5 Å². The number of rotatable bonds is 7. The van der Waals surface area contributed by atoms with Gasteiger partial charge in [0.25, 0.3) is 0 Å². The third-order valence-electron chi connectivity index (χ3n) is 6.23. The molecule has 2 aliphatic rings. The molecule has 0 atom stereocenters. The van der Waals surface area contributed by atoms with Crippen molar-refractivity contribution < 1.29 is 14.3 Å². The third-order valence-corrected chi connectivity index (χ3v) is 6.67. The molecule has 0 spiro atoms. The van der Waals surface area contributed by atoms with Crippen molar-refractivity contribution in [1.29, 1.82) is 0 Å². The second-order valence-corrected chi connectivity index (χ2v) is 9.08. The molecule has 0 aromatic heterocycles. The summed E-state index contributed by atoms with van der Waals surface area (Å²) in [6, 6.07) is 15.2. The number of benzene rings is 2. The second kappa shape index (κ2) is 11.8. The van der Waals surface area contributed by atoms with Crippen LogP contribution in [-0.4, -0.2) is 56.7 Å². The average molecular weight is 495 g/mol. The van der Waals surface area contributed by atoms with Gasteiger partial charge < -0.3 is 25.2 Å². The summed E-state index contributed by atoms with van der Waals surface area (Å²) in [6.07, 6.45) is 6.18. The lowest BCUT2D eigenvalue weighted by atomic mass is 10.1. The van der Waals surface area contributed by atoms with E-state index in [2.05, 4.69) is 21.6 Å². The first-order valence-corrected chi connectivity index (χ1v) is 12.2. The number of carbonyl (C=O) groups excluding carboxylic acids is 2. The molecule has 0 bridgehead atoms. The number of halogens is 1. The monoisotopic (exact) mass is 494 g/mol. The number of carbonyl (C=O) groups is 2. The maximum atomic E-state index is 12.6. The first kappa shape index (κ1) is 24.7. The Morgan fingerprint density at radius 1 is 1.00 bits per heavy atom. The molecule has 0 unspecified atom stereocenters. The van der Waals surface area contributed by atoms with Crippen molar-refractivity contribution in [3.63, 3.8) is 0 Å². The van der Waals surface area contributed by atoms with E-state index < -0.39 is 0 Å². The first-order valence-electron chi connectivity index (χ1n) is 11.9. The van der Waals surface area contributed by atoms with Crippen molar-refractivity contribution in [3.05, 3.63) is 76.9 Å². The zero-order valence-electron chi connectivity index (χ0n) is 19.9. The number of piperazine rings is 1. The summed E-state index contributed by atoms with van der Waals surface area (Å²) in [5, 5.41) is 6.76. The number of nitrogens with zero attached hydrogens (tertiary/aromatic N) is 2. The lowest BCUT2D eigenvalue weighted by Gasteiger charge is -2.36. The fourth-order valence-corrected chi connectivity index (χ4v) is 4.42. The predicted molar refractivity (Wildman–Crippen MR) is 140 cm³/mol. The standard InChI is InChI=1S/C27H31ClN4O3/c1-35-24-12-6-20(7-13-24)18-26(33)30-22-8-10-23(11-9-22)31-14-16-32(17-15-31)27(34)29-19-21-4-2-3-5-25(21)28/h2,4,6-13H,3,5,14-19H2,1H3,(H,29,34)(H,30,33). The fraction of sp³-hybridized carbons (Fsp3) is 0.333. The SMILES string of the molecule is COc1ccc(CC(=O)Nc2ccc(N3CCN(C(=O)NCC4=C(Cl)CCC=C4)CC3)cc2)cc1. The number of allylic oxidation sites excluding steroid dienone is 2. The van der Waals surface area contributed by atoms with Crippen LogP contribution in [0.15, 0.2) is 71.3 Å². The Balaban J connectivity index is 1.22. The van der Waals surface area contributed by atoms with Gasteiger partial charge in [0, 0.05) is 49.1 Å². The number of ether oxygens (including phenoxy) is 1. The van der Waals surface area contributed by atoms with E-state index in [4.69, 9.17) is 16.3 Å². The van der Waals surface area contributed by atoms with Crippen LogP contribution < -0.4 is 20.3 Å². The van der Waals surface area contributed by atoms with Crippen molar-refractivity contribution in [2.75, 3.05) is 50.1 Å².